The molecule has 1 N–H and O–H groups in total. The number of sulfonamides is 1. The average Bonchev–Trinajstić information content (AvgIpc) is 3.33. The molecule has 1 unspecified atom stereocenters. The number of azo groups is 1. The number of halogens is 1. The highest BCUT2D eigenvalue weighted by molar-refractivity contribution is 7.92. The van der Waals surface area contributed by atoms with Crippen molar-refractivity contribution < 1.29 is 17.7 Å². The van der Waals surface area contributed by atoms with E-state index in [-0.39, 0.29) is 10.7 Å². The molecule has 3 aromatic rings. The van der Waals surface area contributed by atoms with Crippen LogP contribution >= 0.6 is 11.6 Å². The third-order valence-electron chi connectivity index (χ3n) is 4.83. The van der Waals surface area contributed by atoms with Gasteiger partial charge in [0, 0.05) is 11.1 Å². The lowest BCUT2D eigenvalue weighted by molar-refractivity contribution is -0.126. The van der Waals surface area contributed by atoms with Gasteiger partial charge in [0.15, 0.2) is 11.9 Å². The Morgan fingerprint density at radius 2 is 1.82 bits per heavy atom. The van der Waals surface area contributed by atoms with Crippen LogP contribution in [0.15, 0.2) is 85.9 Å². The summed E-state index contributed by atoms with van der Waals surface area (Å²) in [7, 11) is -3.85. The van der Waals surface area contributed by atoms with Crippen LogP contribution in [0.25, 0.3) is 5.70 Å². The smallest absolute Gasteiger partial charge is 0.280 e. The van der Waals surface area contributed by atoms with Gasteiger partial charge >= 0.3 is 0 Å². The van der Waals surface area contributed by atoms with E-state index in [4.69, 9.17) is 16.1 Å². The Morgan fingerprint density at radius 1 is 1.15 bits per heavy atom. The quantitative estimate of drug-likeness (QED) is 0.468. The molecule has 0 fully saturated rings. The normalized spacial score (nSPS) is 16.2. The van der Waals surface area contributed by atoms with Gasteiger partial charge in [-0.1, -0.05) is 35.5 Å². The van der Waals surface area contributed by atoms with Gasteiger partial charge in [-0.25, -0.2) is 8.42 Å². The van der Waals surface area contributed by atoms with Crippen molar-refractivity contribution in [3.05, 3.63) is 77.5 Å². The molecule has 12 heteroatoms. The van der Waals surface area contributed by atoms with Crippen LogP contribution < -0.4 is 4.72 Å². The van der Waals surface area contributed by atoms with Crippen molar-refractivity contribution in [3.8, 4) is 0 Å². The predicted octanol–water partition coefficient (Wildman–Crippen LogP) is 4.78. The standard InChI is InChI=1S/C22H19ClN6O4S/c1-13-12-20(27-33-13)28-34(31,32)19-10-8-18(9-11-19)24-25-21-14(2)26-29(22(21)30)15(3)16-4-6-17(23)7-5-16/h4-12,21H,3H2,1-2H3,(H,27,28)/b25-24+. The van der Waals surface area contributed by atoms with Gasteiger partial charge in [-0.15, -0.1) is 0 Å². The highest BCUT2D eigenvalue weighted by Crippen LogP contribution is 2.26. The van der Waals surface area contributed by atoms with E-state index < -0.39 is 22.0 Å². The van der Waals surface area contributed by atoms with E-state index in [1.165, 1.54) is 35.3 Å². The Balaban J connectivity index is 1.45. The van der Waals surface area contributed by atoms with Crippen LogP contribution in [0.1, 0.15) is 18.2 Å². The number of aryl methyl sites for hydroxylation is 1. The van der Waals surface area contributed by atoms with Crippen molar-refractivity contribution >= 4 is 50.4 Å². The number of anilines is 1. The van der Waals surface area contributed by atoms with E-state index >= 15 is 0 Å². The maximum atomic E-state index is 12.8. The van der Waals surface area contributed by atoms with Crippen molar-refractivity contribution in [2.75, 3.05) is 4.72 Å². The molecule has 0 spiro atoms. The molecule has 1 amide bonds. The summed E-state index contributed by atoms with van der Waals surface area (Å²) in [4.78, 5) is 12.9. The first-order chi connectivity index (χ1) is 16.1. The number of carbonyl (C=O) groups is 1. The molecule has 2 heterocycles. The molecule has 0 aliphatic carbocycles. The van der Waals surface area contributed by atoms with Crippen molar-refractivity contribution in [1.82, 2.24) is 10.2 Å². The molecule has 0 bridgehead atoms. The second-order valence-electron chi connectivity index (χ2n) is 7.39. The van der Waals surface area contributed by atoms with E-state index in [0.717, 1.165) is 0 Å². The topological polar surface area (TPSA) is 130 Å². The SMILES string of the molecule is C=C(c1ccc(Cl)cc1)N1N=C(C)C(/N=N/c2ccc(S(=O)(=O)Nc3cc(C)on3)cc2)C1=O. The van der Waals surface area contributed by atoms with Gasteiger partial charge < -0.3 is 4.52 Å². The summed E-state index contributed by atoms with van der Waals surface area (Å²) in [5.74, 6) is 0.164. The fraction of sp³-hybridized carbons (Fsp3) is 0.136. The molecule has 1 aliphatic heterocycles. The number of hydrogen-bond acceptors (Lipinski definition) is 8. The first-order valence-corrected chi connectivity index (χ1v) is 11.8. The van der Waals surface area contributed by atoms with Gasteiger partial charge in [0.2, 0.25) is 0 Å². The van der Waals surface area contributed by atoms with E-state index in [2.05, 4.69) is 31.8 Å². The maximum Gasteiger partial charge on any atom is 0.280 e. The summed E-state index contributed by atoms with van der Waals surface area (Å²) in [6.45, 7) is 7.27. The summed E-state index contributed by atoms with van der Waals surface area (Å²) in [6.07, 6.45) is 0. The lowest BCUT2D eigenvalue weighted by atomic mass is 10.1. The second-order valence-corrected chi connectivity index (χ2v) is 9.50. The molecule has 34 heavy (non-hydrogen) atoms. The molecule has 174 valence electrons. The van der Waals surface area contributed by atoms with Crippen LogP contribution in [0.4, 0.5) is 11.5 Å². The van der Waals surface area contributed by atoms with Gasteiger partial charge in [0.25, 0.3) is 15.9 Å². The minimum absolute atomic E-state index is 0.00669. The fourth-order valence-corrected chi connectivity index (χ4v) is 4.18. The third-order valence-corrected chi connectivity index (χ3v) is 6.45. The molecule has 1 atom stereocenters. The van der Waals surface area contributed by atoms with Crippen molar-refractivity contribution in [3.63, 3.8) is 0 Å². The Kier molecular flexibility index (Phi) is 6.31. The summed E-state index contributed by atoms with van der Waals surface area (Å²) in [5.41, 5.74) is 1.91. The van der Waals surface area contributed by atoms with E-state index in [0.29, 0.717) is 33.4 Å². The number of rotatable bonds is 7. The van der Waals surface area contributed by atoms with Gasteiger partial charge in [0.1, 0.15) is 5.76 Å². The molecule has 1 aromatic heterocycles. The minimum Gasteiger partial charge on any atom is -0.360 e. The molecular weight excluding hydrogens is 480 g/mol. The zero-order chi connectivity index (χ0) is 24.5. The maximum absolute atomic E-state index is 12.8. The van der Waals surface area contributed by atoms with Crippen LogP contribution in [0, 0.1) is 6.92 Å². The zero-order valence-corrected chi connectivity index (χ0v) is 19.7. The number of aromatic nitrogens is 1. The Bertz CT molecular complexity index is 1410. The van der Waals surface area contributed by atoms with Crippen LogP contribution in [0.3, 0.4) is 0 Å². The van der Waals surface area contributed by atoms with Gasteiger partial charge in [-0.05, 0) is 55.8 Å². The fourth-order valence-electron chi connectivity index (χ4n) is 3.07. The molecular formula is C22H19ClN6O4S. The molecule has 1 aliphatic rings. The summed E-state index contributed by atoms with van der Waals surface area (Å²) >= 11 is 5.91. The zero-order valence-electron chi connectivity index (χ0n) is 18.1. The number of amides is 1. The summed E-state index contributed by atoms with van der Waals surface area (Å²) < 4.78 is 32.2. The highest BCUT2D eigenvalue weighted by Gasteiger charge is 2.35. The average molecular weight is 499 g/mol. The number of hydrazone groups is 1. The number of nitrogens with one attached hydrogen (secondary N) is 1. The van der Waals surface area contributed by atoms with Crippen LogP contribution in [-0.4, -0.2) is 36.2 Å². The Labute approximate surface area is 200 Å². The first kappa shape index (κ1) is 23.3. The van der Waals surface area contributed by atoms with Crippen LogP contribution in [-0.2, 0) is 14.8 Å². The van der Waals surface area contributed by atoms with E-state index in [9.17, 15) is 13.2 Å². The summed E-state index contributed by atoms with van der Waals surface area (Å²) in [5, 5.41) is 17.8. The van der Waals surface area contributed by atoms with E-state index in [1.807, 2.05) is 0 Å². The molecule has 10 nitrogen and oxygen atoms in total. The van der Waals surface area contributed by atoms with Crippen molar-refractivity contribution in [2.24, 2.45) is 15.3 Å². The number of carbonyl (C=O) groups excluding carboxylic acids is 1. The van der Waals surface area contributed by atoms with Gasteiger partial charge in [-0.2, -0.15) is 20.3 Å². The third kappa shape index (κ3) is 4.90. The second kappa shape index (κ2) is 9.20. The number of hydrogen-bond donors (Lipinski definition) is 1. The number of nitrogens with zero attached hydrogens (tertiary/aromatic N) is 5. The molecule has 0 radical (unpaired) electrons. The largest absolute Gasteiger partial charge is 0.360 e. The lowest BCUT2D eigenvalue weighted by Crippen LogP contribution is -2.28. The van der Waals surface area contributed by atoms with Gasteiger partial charge in [-0.3, -0.25) is 9.52 Å². The van der Waals surface area contributed by atoms with Crippen molar-refractivity contribution in [1.29, 1.82) is 0 Å². The highest BCUT2D eigenvalue weighted by atomic mass is 35.5. The minimum atomic E-state index is -3.85. The van der Waals surface area contributed by atoms with Crippen LogP contribution in [0.5, 0.6) is 0 Å². The monoisotopic (exact) mass is 498 g/mol. The first-order valence-electron chi connectivity index (χ1n) is 9.95. The molecule has 2 aromatic carbocycles. The molecule has 0 saturated carbocycles. The van der Waals surface area contributed by atoms with Crippen molar-refractivity contribution in [2.45, 2.75) is 24.8 Å². The Hall–Kier alpha value is -3.83. The predicted molar refractivity (Wildman–Crippen MR) is 127 cm³/mol. The van der Waals surface area contributed by atoms with E-state index in [1.54, 1.807) is 38.1 Å². The van der Waals surface area contributed by atoms with Gasteiger partial charge in [0.05, 0.1) is 22.0 Å². The summed E-state index contributed by atoms with van der Waals surface area (Å²) in [6, 6.07) is 13.1. The number of benzene rings is 2. The lowest BCUT2D eigenvalue weighted by Gasteiger charge is -2.15. The Morgan fingerprint density at radius 3 is 2.44 bits per heavy atom. The molecule has 0 saturated heterocycles. The molecule has 4 rings (SSSR count). The van der Waals surface area contributed by atoms with Crippen LogP contribution in [0.2, 0.25) is 5.02 Å².